The minimum Gasteiger partial charge on any atom is -0.378 e. The lowest BCUT2D eigenvalue weighted by Crippen LogP contribution is -2.45. The first-order chi connectivity index (χ1) is 7.36. The van der Waals surface area contributed by atoms with Crippen molar-refractivity contribution < 1.29 is 4.74 Å². The van der Waals surface area contributed by atoms with Crippen LogP contribution in [0.3, 0.4) is 0 Å². The van der Waals surface area contributed by atoms with Crippen molar-refractivity contribution in [3.8, 4) is 0 Å². The molecule has 0 aromatic carbocycles. The topological polar surface area (TPSA) is 47.3 Å². The van der Waals surface area contributed by atoms with Crippen LogP contribution in [0.4, 0.5) is 0 Å². The normalized spacial score (nSPS) is 25.2. The van der Waals surface area contributed by atoms with E-state index in [1.165, 1.54) is 38.5 Å². The summed E-state index contributed by atoms with van der Waals surface area (Å²) in [6, 6.07) is 0.719. The molecule has 15 heavy (non-hydrogen) atoms. The summed E-state index contributed by atoms with van der Waals surface area (Å²) in [7, 11) is 0. The fourth-order valence-corrected chi connectivity index (χ4v) is 2.03. The maximum Gasteiger partial charge on any atom is 0.0604 e. The van der Waals surface area contributed by atoms with Gasteiger partial charge in [0.05, 0.1) is 6.10 Å². The van der Waals surface area contributed by atoms with Crippen LogP contribution < -0.4 is 11.1 Å². The number of ether oxygens (including phenoxy) is 1. The van der Waals surface area contributed by atoms with Crippen molar-refractivity contribution in [3.05, 3.63) is 0 Å². The fraction of sp³-hybridized carbons (Fsp3) is 1.00. The summed E-state index contributed by atoms with van der Waals surface area (Å²) in [6.07, 6.45) is 8.00. The van der Waals surface area contributed by atoms with Crippen LogP contribution in [0.2, 0.25) is 0 Å². The van der Waals surface area contributed by atoms with E-state index in [1.807, 2.05) is 0 Å². The first-order valence-corrected chi connectivity index (χ1v) is 6.41. The van der Waals surface area contributed by atoms with E-state index in [4.69, 9.17) is 10.5 Å². The number of unbranched alkanes of at least 4 members (excludes halogenated alkanes) is 3. The summed E-state index contributed by atoms with van der Waals surface area (Å²) >= 11 is 0. The molecule has 1 fully saturated rings. The van der Waals surface area contributed by atoms with Crippen LogP contribution in [-0.4, -0.2) is 31.8 Å². The van der Waals surface area contributed by atoms with Crippen LogP contribution in [0, 0.1) is 0 Å². The highest BCUT2D eigenvalue weighted by atomic mass is 16.5. The molecule has 0 atom stereocenters. The van der Waals surface area contributed by atoms with Crippen molar-refractivity contribution in [2.24, 2.45) is 5.73 Å². The van der Waals surface area contributed by atoms with E-state index >= 15 is 0 Å². The summed E-state index contributed by atoms with van der Waals surface area (Å²) in [6.45, 7) is 4.93. The van der Waals surface area contributed by atoms with Gasteiger partial charge in [0.15, 0.2) is 0 Å². The largest absolute Gasteiger partial charge is 0.378 e. The fourth-order valence-electron chi connectivity index (χ4n) is 2.03. The van der Waals surface area contributed by atoms with Crippen molar-refractivity contribution >= 4 is 0 Å². The van der Waals surface area contributed by atoms with E-state index in [-0.39, 0.29) is 0 Å². The first kappa shape index (κ1) is 12.9. The van der Waals surface area contributed by atoms with Crippen LogP contribution in [0.5, 0.6) is 0 Å². The van der Waals surface area contributed by atoms with Crippen LogP contribution in [-0.2, 0) is 4.74 Å². The summed E-state index contributed by atoms with van der Waals surface area (Å²) in [4.78, 5) is 0. The smallest absolute Gasteiger partial charge is 0.0604 e. The number of hydrogen-bond acceptors (Lipinski definition) is 3. The molecule has 3 nitrogen and oxygen atoms in total. The summed E-state index contributed by atoms with van der Waals surface area (Å²) in [5.74, 6) is 0. The molecule has 0 aromatic heterocycles. The molecule has 0 saturated heterocycles. The molecule has 1 aliphatic rings. The summed E-state index contributed by atoms with van der Waals surface area (Å²) < 4.78 is 5.51. The summed E-state index contributed by atoms with van der Waals surface area (Å²) in [5, 5.41) is 3.57. The quantitative estimate of drug-likeness (QED) is 0.574. The van der Waals surface area contributed by atoms with Gasteiger partial charge < -0.3 is 15.8 Å². The van der Waals surface area contributed by atoms with Crippen molar-refractivity contribution in [1.82, 2.24) is 5.32 Å². The molecule has 1 saturated carbocycles. The molecule has 0 bridgehead atoms. The van der Waals surface area contributed by atoms with Gasteiger partial charge >= 0.3 is 0 Å². The van der Waals surface area contributed by atoms with Crippen molar-refractivity contribution in [1.29, 1.82) is 0 Å². The van der Waals surface area contributed by atoms with Gasteiger partial charge in [-0.2, -0.15) is 0 Å². The van der Waals surface area contributed by atoms with Crippen LogP contribution in [0.25, 0.3) is 0 Å². The van der Waals surface area contributed by atoms with Gasteiger partial charge in [0.2, 0.25) is 0 Å². The van der Waals surface area contributed by atoms with E-state index in [0.29, 0.717) is 6.10 Å². The molecule has 1 rings (SSSR count). The van der Waals surface area contributed by atoms with Crippen LogP contribution >= 0.6 is 0 Å². The van der Waals surface area contributed by atoms with E-state index < -0.39 is 0 Å². The lowest BCUT2D eigenvalue weighted by Gasteiger charge is -2.35. The zero-order chi connectivity index (χ0) is 10.9. The van der Waals surface area contributed by atoms with Gasteiger partial charge in [-0.3, -0.25) is 0 Å². The lowest BCUT2D eigenvalue weighted by atomic mass is 9.89. The zero-order valence-electron chi connectivity index (χ0n) is 10.0. The van der Waals surface area contributed by atoms with Crippen molar-refractivity contribution in [2.45, 2.75) is 57.6 Å². The SMILES string of the molecule is CCOC1CC(NCCCCCCN)C1. The molecule has 0 unspecified atom stereocenters. The highest BCUT2D eigenvalue weighted by Crippen LogP contribution is 2.23. The predicted molar refractivity (Wildman–Crippen MR) is 64.0 cm³/mol. The Balaban J connectivity index is 1.78. The molecular formula is C12H26N2O. The molecular weight excluding hydrogens is 188 g/mol. The van der Waals surface area contributed by atoms with Gasteiger partial charge in [-0.15, -0.1) is 0 Å². The number of nitrogens with two attached hydrogens (primary N) is 1. The van der Waals surface area contributed by atoms with E-state index in [0.717, 1.165) is 25.7 Å². The lowest BCUT2D eigenvalue weighted by molar-refractivity contribution is -0.00975. The van der Waals surface area contributed by atoms with Crippen LogP contribution in [0.15, 0.2) is 0 Å². The third kappa shape index (κ3) is 5.50. The van der Waals surface area contributed by atoms with E-state index in [1.54, 1.807) is 0 Å². The predicted octanol–water partition coefficient (Wildman–Crippen LogP) is 1.66. The second-order valence-electron chi connectivity index (χ2n) is 4.40. The molecule has 3 heteroatoms. The molecule has 0 heterocycles. The molecule has 0 radical (unpaired) electrons. The van der Waals surface area contributed by atoms with E-state index in [9.17, 15) is 0 Å². The average Bonchev–Trinajstić information content (AvgIpc) is 2.19. The highest BCUT2D eigenvalue weighted by molar-refractivity contribution is 4.85. The Hall–Kier alpha value is -0.120. The third-order valence-corrected chi connectivity index (χ3v) is 3.06. The Labute approximate surface area is 93.8 Å². The molecule has 90 valence electrons. The van der Waals surface area contributed by atoms with E-state index in [2.05, 4.69) is 12.2 Å². The molecule has 0 aliphatic heterocycles. The highest BCUT2D eigenvalue weighted by Gasteiger charge is 2.28. The Bertz CT molecular complexity index is 147. The molecule has 1 aliphatic carbocycles. The van der Waals surface area contributed by atoms with Crippen LogP contribution in [0.1, 0.15) is 45.4 Å². The maximum absolute atomic E-state index is 5.51. The third-order valence-electron chi connectivity index (χ3n) is 3.06. The van der Waals surface area contributed by atoms with Crippen molar-refractivity contribution in [3.63, 3.8) is 0 Å². The Morgan fingerprint density at radius 2 is 1.93 bits per heavy atom. The Kier molecular flexibility index (Phi) is 6.98. The minimum atomic E-state index is 0.532. The minimum absolute atomic E-state index is 0.532. The van der Waals surface area contributed by atoms with Gasteiger partial charge in [-0.1, -0.05) is 12.8 Å². The van der Waals surface area contributed by atoms with Gasteiger partial charge in [0, 0.05) is 12.6 Å². The van der Waals surface area contributed by atoms with Gasteiger partial charge in [-0.05, 0) is 45.7 Å². The summed E-state index contributed by atoms with van der Waals surface area (Å²) in [5.41, 5.74) is 5.44. The first-order valence-electron chi connectivity index (χ1n) is 6.41. The average molecular weight is 214 g/mol. The molecule has 0 spiro atoms. The second kappa shape index (κ2) is 8.08. The molecule has 0 amide bonds. The Morgan fingerprint density at radius 1 is 1.20 bits per heavy atom. The standard InChI is InChI=1S/C12H26N2O/c1-2-15-12-9-11(10-12)14-8-6-4-3-5-7-13/h11-12,14H,2-10,13H2,1H3. The van der Waals surface area contributed by atoms with Gasteiger partial charge in [0.1, 0.15) is 0 Å². The monoisotopic (exact) mass is 214 g/mol. The zero-order valence-corrected chi connectivity index (χ0v) is 10.0. The van der Waals surface area contributed by atoms with Gasteiger partial charge in [0.25, 0.3) is 0 Å². The second-order valence-corrected chi connectivity index (χ2v) is 4.40. The number of nitrogens with one attached hydrogen (secondary N) is 1. The molecule has 3 N–H and O–H groups in total. The molecule has 0 aromatic rings. The maximum atomic E-state index is 5.51. The number of hydrogen-bond donors (Lipinski definition) is 2. The van der Waals surface area contributed by atoms with Gasteiger partial charge in [-0.25, -0.2) is 0 Å². The number of rotatable bonds is 9. The van der Waals surface area contributed by atoms with Crippen molar-refractivity contribution in [2.75, 3.05) is 19.7 Å². The Morgan fingerprint density at radius 3 is 2.60 bits per heavy atom.